The van der Waals surface area contributed by atoms with Gasteiger partial charge in [0, 0.05) is 18.4 Å². The molecule has 0 saturated heterocycles. The Bertz CT molecular complexity index is 1210. The van der Waals surface area contributed by atoms with Crippen LogP contribution in [0, 0.1) is 0 Å². The molecule has 0 fully saturated rings. The molecule has 0 unspecified atom stereocenters. The SMILES string of the molecule is CCOC(=O)c1c(OC(C)C)c2c(=O)n(-c3ccc(C(F)(F)F)cc3)c(CC)cc2n1C. The molecule has 3 aromatic rings. The predicted molar refractivity (Wildman–Crippen MR) is 115 cm³/mol. The number of rotatable bonds is 6. The van der Waals surface area contributed by atoms with Crippen LogP contribution in [-0.2, 0) is 24.4 Å². The van der Waals surface area contributed by atoms with Gasteiger partial charge >= 0.3 is 12.1 Å². The summed E-state index contributed by atoms with van der Waals surface area (Å²) in [6.07, 6.45) is -4.38. The molecular formula is C23H25F3N2O4. The van der Waals surface area contributed by atoms with Gasteiger partial charge in [0.05, 0.1) is 23.8 Å². The molecule has 0 aliphatic carbocycles. The summed E-state index contributed by atoms with van der Waals surface area (Å²) in [6, 6.07) is 6.13. The zero-order valence-corrected chi connectivity index (χ0v) is 18.5. The minimum atomic E-state index is -4.48. The topological polar surface area (TPSA) is 62.5 Å². The van der Waals surface area contributed by atoms with E-state index < -0.39 is 23.3 Å². The number of pyridine rings is 1. The second kappa shape index (κ2) is 8.72. The third kappa shape index (κ3) is 4.11. The Balaban J connectivity index is 2.35. The predicted octanol–water partition coefficient (Wildman–Crippen LogP) is 4.87. The van der Waals surface area contributed by atoms with Gasteiger partial charge in [-0.25, -0.2) is 4.79 Å². The number of fused-ring (bicyclic) bond motifs is 1. The minimum Gasteiger partial charge on any atom is -0.488 e. The van der Waals surface area contributed by atoms with E-state index in [9.17, 15) is 22.8 Å². The molecule has 0 spiro atoms. The van der Waals surface area contributed by atoms with Gasteiger partial charge in [-0.3, -0.25) is 9.36 Å². The van der Waals surface area contributed by atoms with E-state index in [2.05, 4.69) is 0 Å². The average molecular weight is 450 g/mol. The van der Waals surface area contributed by atoms with E-state index in [4.69, 9.17) is 9.47 Å². The highest BCUT2D eigenvalue weighted by Crippen LogP contribution is 2.34. The van der Waals surface area contributed by atoms with Crippen LogP contribution in [0.15, 0.2) is 35.1 Å². The summed E-state index contributed by atoms with van der Waals surface area (Å²) in [5, 5.41) is 0.168. The molecule has 0 aliphatic rings. The maximum absolute atomic E-state index is 13.6. The molecule has 0 saturated carbocycles. The molecule has 0 N–H and O–H groups in total. The Morgan fingerprint density at radius 1 is 1.12 bits per heavy atom. The first-order valence-electron chi connectivity index (χ1n) is 10.3. The van der Waals surface area contributed by atoms with Crippen molar-refractivity contribution in [3.63, 3.8) is 0 Å². The standard InChI is InChI=1S/C23H25F3N2O4/c1-6-15-12-17-18(20(32-13(3)4)19(27(17)5)22(30)31-7-2)21(29)28(15)16-10-8-14(9-11-16)23(24,25)26/h8-13H,6-7H2,1-5H3. The number of esters is 1. The highest BCUT2D eigenvalue weighted by Gasteiger charge is 2.31. The van der Waals surface area contributed by atoms with E-state index in [-0.39, 0.29) is 29.5 Å². The van der Waals surface area contributed by atoms with Crippen molar-refractivity contribution in [3.05, 3.63) is 57.6 Å². The van der Waals surface area contributed by atoms with Gasteiger partial charge in [0.1, 0.15) is 5.39 Å². The van der Waals surface area contributed by atoms with Crippen LogP contribution in [0.25, 0.3) is 16.6 Å². The number of hydrogen-bond donors (Lipinski definition) is 0. The Morgan fingerprint density at radius 3 is 2.25 bits per heavy atom. The first-order chi connectivity index (χ1) is 15.0. The first-order valence-corrected chi connectivity index (χ1v) is 10.3. The fourth-order valence-electron chi connectivity index (χ4n) is 3.64. The molecule has 172 valence electrons. The van der Waals surface area contributed by atoms with Gasteiger partial charge in [-0.15, -0.1) is 0 Å². The summed E-state index contributed by atoms with van der Waals surface area (Å²) in [5.41, 5.74) is 0.171. The number of aromatic nitrogens is 2. The average Bonchev–Trinajstić information content (AvgIpc) is 2.98. The Kier molecular flexibility index (Phi) is 6.39. The molecule has 3 rings (SSSR count). The lowest BCUT2D eigenvalue weighted by molar-refractivity contribution is -0.137. The van der Waals surface area contributed by atoms with Crippen molar-refractivity contribution in [3.8, 4) is 11.4 Å². The van der Waals surface area contributed by atoms with Crippen molar-refractivity contribution in [2.45, 2.75) is 46.4 Å². The summed E-state index contributed by atoms with van der Waals surface area (Å²) in [7, 11) is 1.64. The summed E-state index contributed by atoms with van der Waals surface area (Å²) >= 11 is 0. The van der Waals surface area contributed by atoms with Crippen LogP contribution >= 0.6 is 0 Å². The van der Waals surface area contributed by atoms with Gasteiger partial charge in [-0.05, 0) is 57.5 Å². The number of carbonyl (C=O) groups excluding carboxylic acids is 1. The molecule has 0 amide bonds. The zero-order valence-electron chi connectivity index (χ0n) is 18.5. The van der Waals surface area contributed by atoms with E-state index in [1.807, 2.05) is 6.92 Å². The lowest BCUT2D eigenvalue weighted by Gasteiger charge is -2.15. The Hall–Kier alpha value is -3.23. The number of carbonyl (C=O) groups is 1. The first kappa shape index (κ1) is 23.4. The summed E-state index contributed by atoms with van der Waals surface area (Å²) in [5.74, 6) is -0.523. The Labute approximate surface area is 183 Å². The van der Waals surface area contributed by atoms with Crippen LogP contribution in [0.4, 0.5) is 13.2 Å². The maximum Gasteiger partial charge on any atom is 0.416 e. The van der Waals surface area contributed by atoms with Crippen molar-refractivity contribution >= 4 is 16.9 Å². The summed E-state index contributed by atoms with van der Waals surface area (Å²) in [4.78, 5) is 26.3. The molecule has 0 bridgehead atoms. The van der Waals surface area contributed by atoms with Gasteiger partial charge in [0.15, 0.2) is 11.4 Å². The lowest BCUT2D eigenvalue weighted by atomic mass is 10.1. The summed E-state index contributed by atoms with van der Waals surface area (Å²) in [6.45, 7) is 7.20. The summed E-state index contributed by atoms with van der Waals surface area (Å²) < 4.78 is 52.9. The molecule has 2 heterocycles. The highest BCUT2D eigenvalue weighted by molar-refractivity contribution is 6.01. The van der Waals surface area contributed by atoms with Gasteiger partial charge in [-0.1, -0.05) is 6.92 Å². The van der Waals surface area contributed by atoms with Gasteiger partial charge in [-0.2, -0.15) is 13.2 Å². The maximum atomic E-state index is 13.6. The van der Waals surface area contributed by atoms with Crippen molar-refractivity contribution < 1.29 is 27.4 Å². The van der Waals surface area contributed by atoms with Crippen molar-refractivity contribution in [1.29, 1.82) is 0 Å². The molecule has 6 nitrogen and oxygen atoms in total. The van der Waals surface area contributed by atoms with E-state index in [1.165, 1.54) is 16.7 Å². The second-order valence-electron chi connectivity index (χ2n) is 7.56. The number of hydrogen-bond acceptors (Lipinski definition) is 4. The van der Waals surface area contributed by atoms with E-state index in [1.54, 1.807) is 38.5 Å². The van der Waals surface area contributed by atoms with Gasteiger partial charge < -0.3 is 14.0 Å². The smallest absolute Gasteiger partial charge is 0.416 e. The molecule has 0 atom stereocenters. The van der Waals surface area contributed by atoms with Gasteiger partial charge in [0.2, 0.25) is 0 Å². The van der Waals surface area contributed by atoms with Crippen LogP contribution in [0.3, 0.4) is 0 Å². The van der Waals surface area contributed by atoms with Crippen molar-refractivity contribution in [2.75, 3.05) is 6.61 Å². The fraction of sp³-hybridized carbons (Fsp3) is 0.391. The third-order valence-corrected chi connectivity index (χ3v) is 5.04. The molecule has 9 heteroatoms. The monoisotopic (exact) mass is 450 g/mol. The third-order valence-electron chi connectivity index (χ3n) is 5.04. The fourth-order valence-corrected chi connectivity index (χ4v) is 3.64. The van der Waals surface area contributed by atoms with Crippen LogP contribution in [0.1, 0.15) is 49.4 Å². The van der Waals surface area contributed by atoms with E-state index in [0.717, 1.165) is 12.1 Å². The number of halogens is 3. The molecule has 32 heavy (non-hydrogen) atoms. The highest BCUT2D eigenvalue weighted by atomic mass is 19.4. The normalized spacial score (nSPS) is 11.9. The van der Waals surface area contributed by atoms with E-state index in [0.29, 0.717) is 23.3 Å². The van der Waals surface area contributed by atoms with E-state index >= 15 is 0 Å². The largest absolute Gasteiger partial charge is 0.488 e. The van der Waals surface area contributed by atoms with Crippen LogP contribution < -0.4 is 10.3 Å². The van der Waals surface area contributed by atoms with Crippen LogP contribution in [0.5, 0.6) is 5.75 Å². The molecule has 2 aromatic heterocycles. The number of alkyl halides is 3. The number of nitrogens with zero attached hydrogens (tertiary/aromatic N) is 2. The zero-order chi connectivity index (χ0) is 23.8. The molecule has 0 radical (unpaired) electrons. The number of aryl methyl sites for hydroxylation is 2. The van der Waals surface area contributed by atoms with Crippen LogP contribution in [-0.4, -0.2) is 27.8 Å². The van der Waals surface area contributed by atoms with Crippen molar-refractivity contribution in [2.24, 2.45) is 7.05 Å². The number of ether oxygens (including phenoxy) is 2. The molecule has 1 aromatic carbocycles. The van der Waals surface area contributed by atoms with Crippen molar-refractivity contribution in [1.82, 2.24) is 9.13 Å². The minimum absolute atomic E-state index is 0.101. The lowest BCUT2D eigenvalue weighted by Crippen LogP contribution is -2.22. The second-order valence-corrected chi connectivity index (χ2v) is 7.56. The Morgan fingerprint density at radius 2 is 1.75 bits per heavy atom. The molecular weight excluding hydrogens is 425 g/mol. The van der Waals surface area contributed by atoms with Gasteiger partial charge in [0.25, 0.3) is 5.56 Å². The quantitative estimate of drug-likeness (QED) is 0.503. The molecule has 0 aliphatic heterocycles. The number of benzene rings is 1. The van der Waals surface area contributed by atoms with Crippen LogP contribution in [0.2, 0.25) is 0 Å².